The topological polar surface area (TPSA) is 0 Å². The van der Waals surface area contributed by atoms with Crippen molar-refractivity contribution in [1.29, 1.82) is 0 Å². The molecule has 0 radical (unpaired) electrons. The zero-order valence-electron chi connectivity index (χ0n) is 16.2. The molecule has 0 N–H and O–H groups in total. The van der Waals surface area contributed by atoms with Gasteiger partial charge in [-0.15, -0.1) is 0 Å². The third-order valence-electron chi connectivity index (χ3n) is 5.16. The maximum atomic E-state index is 2.35. The van der Waals surface area contributed by atoms with Crippen LogP contribution < -0.4 is 0 Å². The summed E-state index contributed by atoms with van der Waals surface area (Å²) in [5, 5.41) is 0. The van der Waals surface area contributed by atoms with Crippen molar-refractivity contribution in [2.24, 2.45) is 0 Å². The zero-order valence-corrected chi connectivity index (χ0v) is 16.2. The van der Waals surface area contributed by atoms with Crippen molar-refractivity contribution in [3.8, 4) is 33.4 Å². The van der Waals surface area contributed by atoms with E-state index < -0.39 is 0 Å². The number of hydrogen-bond donors (Lipinski definition) is 0. The molecule has 0 nitrogen and oxygen atoms in total. The Kier molecular flexibility index (Phi) is 4.64. The van der Waals surface area contributed by atoms with Crippen LogP contribution in [0.15, 0.2) is 91.0 Å². The van der Waals surface area contributed by atoms with E-state index in [1.807, 2.05) is 0 Å². The second-order valence-electron chi connectivity index (χ2n) is 7.27. The number of hydrogen-bond acceptors (Lipinski definition) is 0. The summed E-state index contributed by atoms with van der Waals surface area (Å²) in [6.07, 6.45) is 0. The molecule has 4 aromatic carbocycles. The third kappa shape index (κ3) is 3.44. The van der Waals surface area contributed by atoms with Crippen LogP contribution in [-0.2, 0) is 0 Å². The van der Waals surface area contributed by atoms with Gasteiger partial charge in [0.15, 0.2) is 0 Å². The van der Waals surface area contributed by atoms with Crippen molar-refractivity contribution in [3.63, 3.8) is 0 Å². The smallest absolute Gasteiger partial charge is 0.00939 e. The molecular formula is C27H24. The van der Waals surface area contributed by atoms with Crippen molar-refractivity contribution in [2.45, 2.75) is 20.8 Å². The Labute approximate surface area is 162 Å². The largest absolute Gasteiger partial charge is 0.0622 e. The quantitative estimate of drug-likeness (QED) is 0.357. The summed E-state index contributed by atoms with van der Waals surface area (Å²) >= 11 is 0. The second kappa shape index (κ2) is 7.25. The minimum Gasteiger partial charge on any atom is -0.0622 e. The van der Waals surface area contributed by atoms with Crippen LogP contribution in [0.4, 0.5) is 0 Å². The highest BCUT2D eigenvalue weighted by atomic mass is 14.2. The summed E-state index contributed by atoms with van der Waals surface area (Å²) in [7, 11) is 0. The lowest BCUT2D eigenvalue weighted by molar-refractivity contribution is 1.32. The van der Waals surface area contributed by atoms with E-state index in [9.17, 15) is 0 Å². The van der Waals surface area contributed by atoms with Gasteiger partial charge in [-0.2, -0.15) is 0 Å². The fourth-order valence-corrected chi connectivity index (χ4v) is 4.04. The van der Waals surface area contributed by atoms with Crippen LogP contribution in [0.1, 0.15) is 16.7 Å². The van der Waals surface area contributed by atoms with Gasteiger partial charge >= 0.3 is 0 Å². The van der Waals surface area contributed by atoms with E-state index in [0.29, 0.717) is 0 Å². The molecular weight excluding hydrogens is 324 g/mol. The van der Waals surface area contributed by atoms with Gasteiger partial charge in [0.2, 0.25) is 0 Å². The van der Waals surface area contributed by atoms with Crippen LogP contribution in [0.25, 0.3) is 33.4 Å². The van der Waals surface area contributed by atoms with Gasteiger partial charge in [-0.1, -0.05) is 90.5 Å². The molecule has 0 aromatic heterocycles. The van der Waals surface area contributed by atoms with Crippen LogP contribution >= 0.6 is 0 Å². The monoisotopic (exact) mass is 348 g/mol. The van der Waals surface area contributed by atoms with Crippen LogP contribution in [0.5, 0.6) is 0 Å². The maximum Gasteiger partial charge on any atom is -0.00939 e. The molecule has 0 heteroatoms. The second-order valence-corrected chi connectivity index (χ2v) is 7.27. The van der Waals surface area contributed by atoms with E-state index in [0.717, 1.165) is 0 Å². The molecule has 0 aliphatic heterocycles. The molecule has 0 aliphatic rings. The van der Waals surface area contributed by atoms with Gasteiger partial charge in [-0.05, 0) is 71.3 Å². The van der Waals surface area contributed by atoms with Crippen LogP contribution in [0.2, 0.25) is 0 Å². The Bertz CT molecular complexity index is 1050. The Morgan fingerprint density at radius 1 is 0.444 bits per heavy atom. The standard InChI is InChI=1S/C27H24/c1-19-16-20(2)27(21(3)17-19)26-18-24(22-10-6-4-7-11-22)14-15-25(26)23-12-8-5-9-13-23/h4-18H,1-3H3. The first kappa shape index (κ1) is 17.3. The summed E-state index contributed by atoms with van der Waals surface area (Å²) in [5.74, 6) is 0. The Balaban J connectivity index is 2.00. The lowest BCUT2D eigenvalue weighted by Gasteiger charge is -2.18. The molecule has 0 bridgehead atoms. The van der Waals surface area contributed by atoms with Crippen LogP contribution in [0, 0.1) is 20.8 Å². The normalized spacial score (nSPS) is 10.8. The molecule has 0 saturated carbocycles. The predicted octanol–water partition coefficient (Wildman–Crippen LogP) is 7.61. The molecule has 0 saturated heterocycles. The highest BCUT2D eigenvalue weighted by molar-refractivity contribution is 5.89. The highest BCUT2D eigenvalue weighted by Crippen LogP contribution is 2.39. The molecule has 0 spiro atoms. The van der Waals surface area contributed by atoms with Gasteiger partial charge in [-0.3, -0.25) is 0 Å². The number of rotatable bonds is 3. The molecule has 0 atom stereocenters. The predicted molar refractivity (Wildman–Crippen MR) is 117 cm³/mol. The number of aryl methyl sites for hydroxylation is 3. The molecule has 27 heavy (non-hydrogen) atoms. The SMILES string of the molecule is Cc1cc(C)c(-c2cc(-c3ccccc3)ccc2-c2ccccc2)c(C)c1. The average Bonchev–Trinajstić information content (AvgIpc) is 2.68. The molecule has 132 valence electrons. The zero-order chi connectivity index (χ0) is 18.8. The Hall–Kier alpha value is -3.12. The summed E-state index contributed by atoms with van der Waals surface area (Å²) in [6.45, 7) is 6.61. The van der Waals surface area contributed by atoms with Crippen molar-refractivity contribution < 1.29 is 0 Å². The molecule has 0 heterocycles. The molecule has 0 fully saturated rings. The molecule has 0 unspecified atom stereocenters. The summed E-state index contributed by atoms with van der Waals surface area (Å²) in [6, 6.07) is 32.7. The lowest BCUT2D eigenvalue weighted by Crippen LogP contribution is -1.94. The maximum absolute atomic E-state index is 2.35. The minimum atomic E-state index is 1.25. The fourth-order valence-electron chi connectivity index (χ4n) is 4.04. The van der Waals surface area contributed by atoms with E-state index >= 15 is 0 Å². The van der Waals surface area contributed by atoms with Crippen molar-refractivity contribution >= 4 is 0 Å². The van der Waals surface area contributed by atoms with Crippen LogP contribution in [-0.4, -0.2) is 0 Å². The van der Waals surface area contributed by atoms with E-state index in [1.165, 1.54) is 50.1 Å². The minimum absolute atomic E-state index is 1.25. The fraction of sp³-hybridized carbons (Fsp3) is 0.111. The van der Waals surface area contributed by atoms with E-state index in [1.54, 1.807) is 0 Å². The third-order valence-corrected chi connectivity index (χ3v) is 5.16. The van der Waals surface area contributed by atoms with Gasteiger partial charge < -0.3 is 0 Å². The van der Waals surface area contributed by atoms with Crippen LogP contribution in [0.3, 0.4) is 0 Å². The molecule has 0 aliphatic carbocycles. The lowest BCUT2D eigenvalue weighted by atomic mass is 9.86. The van der Waals surface area contributed by atoms with Gasteiger partial charge in [0, 0.05) is 0 Å². The molecule has 0 amide bonds. The first-order valence-electron chi connectivity index (χ1n) is 9.46. The van der Waals surface area contributed by atoms with Crippen molar-refractivity contribution in [1.82, 2.24) is 0 Å². The van der Waals surface area contributed by atoms with E-state index in [-0.39, 0.29) is 0 Å². The van der Waals surface area contributed by atoms with Gasteiger partial charge in [0.25, 0.3) is 0 Å². The van der Waals surface area contributed by atoms with Gasteiger partial charge in [-0.25, -0.2) is 0 Å². The van der Waals surface area contributed by atoms with Gasteiger partial charge in [0.05, 0.1) is 0 Å². The van der Waals surface area contributed by atoms with Crippen molar-refractivity contribution in [3.05, 3.63) is 108 Å². The van der Waals surface area contributed by atoms with E-state index in [4.69, 9.17) is 0 Å². The molecule has 4 rings (SSSR count). The Morgan fingerprint density at radius 2 is 1.00 bits per heavy atom. The first-order chi connectivity index (χ1) is 13.1. The first-order valence-corrected chi connectivity index (χ1v) is 9.46. The summed E-state index contributed by atoms with van der Waals surface area (Å²) < 4.78 is 0. The Morgan fingerprint density at radius 3 is 1.59 bits per heavy atom. The highest BCUT2D eigenvalue weighted by Gasteiger charge is 2.14. The van der Waals surface area contributed by atoms with Crippen molar-refractivity contribution in [2.75, 3.05) is 0 Å². The number of benzene rings is 4. The summed E-state index contributed by atoms with van der Waals surface area (Å²) in [4.78, 5) is 0. The molecule has 4 aromatic rings. The average molecular weight is 348 g/mol. The summed E-state index contributed by atoms with van der Waals surface area (Å²) in [5.41, 5.74) is 11.7. The van der Waals surface area contributed by atoms with Gasteiger partial charge in [0.1, 0.15) is 0 Å². The van der Waals surface area contributed by atoms with E-state index in [2.05, 4.69) is 112 Å².